The Kier molecular flexibility index (Phi) is 3.20. The summed E-state index contributed by atoms with van der Waals surface area (Å²) in [7, 11) is 0. The highest BCUT2D eigenvalue weighted by atomic mass is 16.2. The second-order valence-corrected chi connectivity index (χ2v) is 6.01. The Hall–Kier alpha value is -2.30. The molecule has 0 fully saturated rings. The average Bonchev–Trinajstić information content (AvgIpc) is 2.94. The van der Waals surface area contributed by atoms with Gasteiger partial charge in [0.2, 0.25) is 5.91 Å². The summed E-state index contributed by atoms with van der Waals surface area (Å²) in [4.78, 5) is 19.1. The highest BCUT2D eigenvalue weighted by molar-refractivity contribution is 5.87. The first-order valence-electron chi connectivity index (χ1n) is 7.14. The van der Waals surface area contributed by atoms with E-state index in [0.717, 1.165) is 24.5 Å². The van der Waals surface area contributed by atoms with Gasteiger partial charge in [0.1, 0.15) is 5.82 Å². The number of anilines is 1. The molecule has 1 aliphatic heterocycles. The zero-order valence-electron chi connectivity index (χ0n) is 12.4. The maximum absolute atomic E-state index is 12.9. The number of benzene rings is 1. The van der Waals surface area contributed by atoms with Gasteiger partial charge in [-0.3, -0.25) is 4.79 Å². The van der Waals surface area contributed by atoms with E-state index >= 15 is 0 Å². The fourth-order valence-electron chi connectivity index (χ4n) is 2.77. The summed E-state index contributed by atoms with van der Waals surface area (Å²) in [6.07, 6.45) is 3.75. The van der Waals surface area contributed by atoms with Gasteiger partial charge in [0, 0.05) is 31.2 Å². The maximum Gasteiger partial charge on any atom is 0.233 e. The molecule has 110 valence electrons. The molecule has 1 amide bonds. The van der Waals surface area contributed by atoms with Gasteiger partial charge in [-0.25, -0.2) is 4.98 Å². The van der Waals surface area contributed by atoms with Crippen molar-refractivity contribution in [2.45, 2.75) is 32.4 Å². The molecule has 0 unspecified atom stereocenters. The molecule has 0 bridgehead atoms. The molecule has 2 aromatic rings. The van der Waals surface area contributed by atoms with Crippen molar-refractivity contribution >= 4 is 11.6 Å². The minimum absolute atomic E-state index is 0.126. The van der Waals surface area contributed by atoms with Crippen LogP contribution >= 0.6 is 0 Å². The van der Waals surface area contributed by atoms with Crippen molar-refractivity contribution in [3.8, 4) is 0 Å². The van der Waals surface area contributed by atoms with Crippen LogP contribution in [0.25, 0.3) is 0 Å². The molecule has 1 aromatic carbocycles. The van der Waals surface area contributed by atoms with Crippen LogP contribution in [0, 0.1) is 0 Å². The molecule has 21 heavy (non-hydrogen) atoms. The molecule has 3 rings (SSSR count). The zero-order chi connectivity index (χ0) is 15.0. The van der Waals surface area contributed by atoms with Crippen LogP contribution in [0.1, 0.15) is 25.2 Å². The van der Waals surface area contributed by atoms with Gasteiger partial charge in [0.25, 0.3) is 0 Å². The lowest BCUT2D eigenvalue weighted by Gasteiger charge is -2.34. The smallest absolute Gasteiger partial charge is 0.233 e. The van der Waals surface area contributed by atoms with Crippen molar-refractivity contribution in [1.29, 1.82) is 0 Å². The molecule has 0 radical (unpaired) electrons. The van der Waals surface area contributed by atoms with Crippen LogP contribution in [-0.4, -0.2) is 26.9 Å². The number of fused-ring (bicyclic) bond motifs is 1. The number of aromatic nitrogens is 2. The highest BCUT2D eigenvalue weighted by Crippen LogP contribution is 2.28. The number of nitrogens with two attached hydrogens (primary N) is 1. The number of hydrogen-bond acceptors (Lipinski definition) is 3. The molecule has 5 nitrogen and oxygen atoms in total. The number of nitrogen functional groups attached to an aromatic ring is 1. The minimum Gasteiger partial charge on any atom is -0.399 e. The molecule has 0 saturated heterocycles. The van der Waals surface area contributed by atoms with E-state index in [1.807, 2.05) is 49.2 Å². The molecule has 1 aromatic heterocycles. The first kappa shape index (κ1) is 13.7. The topological polar surface area (TPSA) is 64.2 Å². The predicted octanol–water partition coefficient (Wildman–Crippen LogP) is 1.79. The first-order chi connectivity index (χ1) is 9.98. The summed E-state index contributed by atoms with van der Waals surface area (Å²) < 4.78 is 2.10. The van der Waals surface area contributed by atoms with Gasteiger partial charge in [-0.15, -0.1) is 0 Å². The lowest BCUT2D eigenvalue weighted by Crippen LogP contribution is -2.46. The Balaban J connectivity index is 1.83. The molecule has 5 heteroatoms. The fraction of sp³-hybridized carbons (Fsp3) is 0.375. The minimum atomic E-state index is -0.567. The third kappa shape index (κ3) is 2.39. The van der Waals surface area contributed by atoms with E-state index in [1.165, 1.54) is 0 Å². The SMILES string of the molecule is CC(C)(C(=O)N1CCn2ccnc2C1)c1ccc(N)cc1. The number of carbonyl (C=O) groups is 1. The van der Waals surface area contributed by atoms with Gasteiger partial charge >= 0.3 is 0 Å². The highest BCUT2D eigenvalue weighted by Gasteiger charge is 2.35. The van der Waals surface area contributed by atoms with Crippen molar-refractivity contribution in [3.63, 3.8) is 0 Å². The summed E-state index contributed by atoms with van der Waals surface area (Å²) >= 11 is 0. The third-order valence-corrected chi connectivity index (χ3v) is 4.20. The van der Waals surface area contributed by atoms with Gasteiger partial charge in [0.05, 0.1) is 12.0 Å². The Bertz CT molecular complexity index is 657. The first-order valence-corrected chi connectivity index (χ1v) is 7.14. The van der Waals surface area contributed by atoms with E-state index in [1.54, 1.807) is 6.20 Å². The molecule has 1 aliphatic rings. The molecule has 0 saturated carbocycles. The number of carbonyl (C=O) groups excluding carboxylic acids is 1. The summed E-state index contributed by atoms with van der Waals surface area (Å²) in [5.74, 6) is 1.07. The maximum atomic E-state index is 12.9. The van der Waals surface area contributed by atoms with Crippen LogP contribution in [0.3, 0.4) is 0 Å². The molecular formula is C16H20N4O. The predicted molar refractivity (Wildman–Crippen MR) is 81.5 cm³/mol. The summed E-state index contributed by atoms with van der Waals surface area (Å²) in [5, 5.41) is 0. The molecule has 2 N–H and O–H groups in total. The second-order valence-electron chi connectivity index (χ2n) is 6.01. The lowest BCUT2D eigenvalue weighted by atomic mass is 9.83. The van der Waals surface area contributed by atoms with E-state index in [4.69, 9.17) is 5.73 Å². The van der Waals surface area contributed by atoms with Crippen LogP contribution in [0.2, 0.25) is 0 Å². The number of imidazole rings is 1. The Morgan fingerprint density at radius 3 is 2.67 bits per heavy atom. The van der Waals surface area contributed by atoms with Crippen LogP contribution < -0.4 is 5.73 Å². The number of hydrogen-bond donors (Lipinski definition) is 1. The van der Waals surface area contributed by atoms with E-state index in [9.17, 15) is 4.79 Å². The number of rotatable bonds is 2. The molecule has 0 aliphatic carbocycles. The molecule has 0 atom stereocenters. The third-order valence-electron chi connectivity index (χ3n) is 4.20. The van der Waals surface area contributed by atoms with Gasteiger partial charge in [-0.05, 0) is 31.5 Å². The van der Waals surface area contributed by atoms with Crippen LogP contribution in [-0.2, 0) is 23.3 Å². The van der Waals surface area contributed by atoms with Gasteiger partial charge in [-0.2, -0.15) is 0 Å². The van der Waals surface area contributed by atoms with E-state index in [0.29, 0.717) is 12.2 Å². The largest absolute Gasteiger partial charge is 0.399 e. The van der Waals surface area contributed by atoms with Crippen molar-refractivity contribution in [3.05, 3.63) is 48.0 Å². The van der Waals surface area contributed by atoms with Gasteiger partial charge in [-0.1, -0.05) is 12.1 Å². The second kappa shape index (κ2) is 4.91. The van der Waals surface area contributed by atoms with Gasteiger partial charge in [0.15, 0.2) is 0 Å². The summed E-state index contributed by atoms with van der Waals surface area (Å²) in [6.45, 7) is 6.02. The lowest BCUT2D eigenvalue weighted by molar-refractivity contribution is -0.137. The van der Waals surface area contributed by atoms with Crippen LogP contribution in [0.15, 0.2) is 36.7 Å². The van der Waals surface area contributed by atoms with Crippen molar-refractivity contribution in [2.75, 3.05) is 12.3 Å². The monoisotopic (exact) mass is 284 g/mol. The van der Waals surface area contributed by atoms with Crippen molar-refractivity contribution < 1.29 is 4.79 Å². The van der Waals surface area contributed by atoms with E-state index in [2.05, 4.69) is 9.55 Å². The summed E-state index contributed by atoms with van der Waals surface area (Å²) in [6, 6.07) is 7.54. The Labute approximate surface area is 124 Å². The standard InChI is InChI=1S/C16H20N4O/c1-16(2,12-3-5-13(17)6-4-12)15(21)20-10-9-19-8-7-18-14(19)11-20/h3-8H,9-11,17H2,1-2H3. The van der Waals surface area contributed by atoms with Crippen LogP contribution in [0.4, 0.5) is 5.69 Å². The Morgan fingerprint density at radius 2 is 1.95 bits per heavy atom. The molecule has 2 heterocycles. The van der Waals surface area contributed by atoms with Crippen molar-refractivity contribution in [2.24, 2.45) is 0 Å². The fourth-order valence-corrected chi connectivity index (χ4v) is 2.77. The Morgan fingerprint density at radius 1 is 1.24 bits per heavy atom. The number of nitrogens with zero attached hydrogens (tertiary/aromatic N) is 3. The quantitative estimate of drug-likeness (QED) is 0.855. The van der Waals surface area contributed by atoms with Gasteiger partial charge < -0.3 is 15.2 Å². The zero-order valence-corrected chi connectivity index (χ0v) is 12.4. The van der Waals surface area contributed by atoms with Crippen molar-refractivity contribution in [1.82, 2.24) is 14.5 Å². The summed E-state index contributed by atoms with van der Waals surface area (Å²) in [5.41, 5.74) is 6.85. The van der Waals surface area contributed by atoms with Crippen LogP contribution in [0.5, 0.6) is 0 Å². The van der Waals surface area contributed by atoms with E-state index in [-0.39, 0.29) is 5.91 Å². The van der Waals surface area contributed by atoms with E-state index < -0.39 is 5.41 Å². The number of amides is 1. The molecular weight excluding hydrogens is 264 g/mol. The molecule has 0 spiro atoms. The average molecular weight is 284 g/mol. The normalized spacial score (nSPS) is 14.9.